The highest BCUT2D eigenvalue weighted by Crippen LogP contribution is 2.22. The molecule has 2 amide bonds. The summed E-state index contributed by atoms with van der Waals surface area (Å²) < 4.78 is 8.23. The molecule has 0 saturated carbocycles. The first kappa shape index (κ1) is 25.1. The lowest BCUT2D eigenvalue weighted by Gasteiger charge is -2.14. The number of carbonyl (C=O) groups excluding carboxylic acids is 2. The first-order valence-corrected chi connectivity index (χ1v) is 11.6. The number of fused-ring (bicyclic) bond motifs is 1. The molecule has 0 unspecified atom stereocenters. The molecule has 0 aliphatic carbocycles. The number of benzene rings is 1. The van der Waals surface area contributed by atoms with Crippen molar-refractivity contribution in [2.24, 2.45) is 0 Å². The molecule has 11 nitrogen and oxygen atoms in total. The third kappa shape index (κ3) is 6.15. The summed E-state index contributed by atoms with van der Waals surface area (Å²) in [5, 5.41) is 7.09. The third-order valence-electron chi connectivity index (χ3n) is 5.00. The Labute approximate surface area is 213 Å². The minimum atomic E-state index is -0.377. The Hall–Kier alpha value is -4.03. The van der Waals surface area contributed by atoms with E-state index in [2.05, 4.69) is 38.2 Å². The molecule has 1 aromatic carbocycles. The van der Waals surface area contributed by atoms with Gasteiger partial charge in [-0.3, -0.25) is 19.4 Å². The second kappa shape index (κ2) is 11.1. The zero-order chi connectivity index (χ0) is 25.7. The van der Waals surface area contributed by atoms with Gasteiger partial charge in [0.1, 0.15) is 17.1 Å². The number of likely N-dealkylation sites (N-methyl/N-ethyl adjacent to an activating group) is 1. The number of thiol groups is 1. The Kier molecular flexibility index (Phi) is 7.76. The van der Waals surface area contributed by atoms with E-state index in [-0.39, 0.29) is 18.5 Å². The van der Waals surface area contributed by atoms with Gasteiger partial charge in [-0.05, 0) is 50.8 Å². The number of carbonyl (C=O) groups is 2. The van der Waals surface area contributed by atoms with Crippen molar-refractivity contribution in [2.75, 3.05) is 31.5 Å². The number of pyridine rings is 1. The monoisotopic (exact) mass is 506 g/mol. The molecular formula is C24H26N8O3S. The molecule has 0 radical (unpaired) electrons. The van der Waals surface area contributed by atoms with Crippen LogP contribution in [0.3, 0.4) is 0 Å². The van der Waals surface area contributed by atoms with E-state index in [0.29, 0.717) is 41.5 Å². The maximum Gasteiger partial charge on any atom is 0.333 e. The van der Waals surface area contributed by atoms with E-state index in [1.807, 2.05) is 39.3 Å². The van der Waals surface area contributed by atoms with Crippen molar-refractivity contribution in [3.05, 3.63) is 60.6 Å². The summed E-state index contributed by atoms with van der Waals surface area (Å²) in [5.41, 5.74) is 3.36. The van der Waals surface area contributed by atoms with Gasteiger partial charge in [0.15, 0.2) is 5.65 Å². The van der Waals surface area contributed by atoms with Crippen LogP contribution in [0.2, 0.25) is 0 Å². The standard InChI is InChI=1S/C24H26N8O3S/c1-4-25-24(34)32(36)21-10-9-19-23(29-21)28-20(12-26-19)17-11-27-31(14-17)13-16-5-7-18(8-6-16)35-22(33)15-30(2)3/h5-12,14,36H,4,13,15H2,1-3H3,(H,25,34). The fraction of sp³-hybridized carbons (Fsp3) is 0.250. The number of nitrogens with one attached hydrogen (secondary N) is 1. The van der Waals surface area contributed by atoms with Crippen molar-refractivity contribution < 1.29 is 14.3 Å². The fourth-order valence-corrected chi connectivity index (χ4v) is 3.51. The summed E-state index contributed by atoms with van der Waals surface area (Å²) in [7, 11) is 3.62. The van der Waals surface area contributed by atoms with Gasteiger partial charge in [0.25, 0.3) is 0 Å². The van der Waals surface area contributed by atoms with Crippen LogP contribution >= 0.6 is 12.8 Å². The molecule has 0 saturated heterocycles. The third-order valence-corrected chi connectivity index (χ3v) is 5.39. The average molecular weight is 507 g/mol. The van der Waals surface area contributed by atoms with Gasteiger partial charge >= 0.3 is 12.0 Å². The zero-order valence-corrected chi connectivity index (χ0v) is 21.0. The van der Waals surface area contributed by atoms with Gasteiger partial charge in [-0.15, -0.1) is 0 Å². The van der Waals surface area contributed by atoms with Crippen LogP contribution in [-0.4, -0.2) is 68.8 Å². The molecule has 0 bridgehead atoms. The van der Waals surface area contributed by atoms with Gasteiger partial charge in [-0.2, -0.15) is 5.10 Å². The highest BCUT2D eigenvalue weighted by molar-refractivity contribution is 7.82. The highest BCUT2D eigenvalue weighted by Gasteiger charge is 2.14. The number of esters is 1. The lowest BCUT2D eigenvalue weighted by atomic mass is 10.2. The Morgan fingerprint density at radius 3 is 2.58 bits per heavy atom. The van der Waals surface area contributed by atoms with Crippen LogP contribution in [0.4, 0.5) is 10.6 Å². The second-order valence-electron chi connectivity index (χ2n) is 8.20. The van der Waals surface area contributed by atoms with Crippen molar-refractivity contribution in [1.29, 1.82) is 0 Å². The quantitative estimate of drug-likeness (QED) is 0.213. The van der Waals surface area contributed by atoms with E-state index in [0.717, 1.165) is 15.4 Å². The lowest BCUT2D eigenvalue weighted by Crippen LogP contribution is -2.34. The summed E-state index contributed by atoms with van der Waals surface area (Å²) in [6.45, 7) is 3.04. The first-order valence-electron chi connectivity index (χ1n) is 11.2. The molecule has 0 fully saturated rings. The summed E-state index contributed by atoms with van der Waals surface area (Å²) in [6.07, 6.45) is 5.23. The van der Waals surface area contributed by atoms with Crippen LogP contribution in [0.25, 0.3) is 22.4 Å². The maximum absolute atomic E-state index is 12.1. The van der Waals surface area contributed by atoms with Gasteiger partial charge < -0.3 is 10.1 Å². The maximum atomic E-state index is 12.1. The second-order valence-corrected chi connectivity index (χ2v) is 8.60. The minimum absolute atomic E-state index is 0.216. The van der Waals surface area contributed by atoms with Crippen molar-refractivity contribution in [1.82, 2.24) is 34.9 Å². The number of urea groups is 1. The van der Waals surface area contributed by atoms with E-state index in [9.17, 15) is 9.59 Å². The Balaban J connectivity index is 1.46. The Morgan fingerprint density at radius 1 is 1.08 bits per heavy atom. The predicted octanol–water partition coefficient (Wildman–Crippen LogP) is 2.78. The number of hydrogen-bond acceptors (Lipinski definition) is 9. The molecule has 0 aliphatic rings. The van der Waals surface area contributed by atoms with Crippen molar-refractivity contribution >= 4 is 41.8 Å². The average Bonchev–Trinajstić information content (AvgIpc) is 3.32. The number of rotatable bonds is 8. The zero-order valence-electron chi connectivity index (χ0n) is 20.1. The number of anilines is 1. The number of amides is 2. The summed E-state index contributed by atoms with van der Waals surface area (Å²) in [5.74, 6) is 0.528. The minimum Gasteiger partial charge on any atom is -0.426 e. The first-order chi connectivity index (χ1) is 17.3. The molecule has 36 heavy (non-hydrogen) atoms. The SMILES string of the molecule is CCNC(=O)N(S)c1ccc2ncc(-c3cnn(Cc4ccc(OC(=O)CN(C)C)cc4)c3)nc2n1. The van der Waals surface area contributed by atoms with Gasteiger partial charge in [0, 0.05) is 18.3 Å². The molecule has 0 atom stereocenters. The largest absolute Gasteiger partial charge is 0.426 e. The Bertz CT molecular complexity index is 1370. The van der Waals surface area contributed by atoms with E-state index in [1.165, 1.54) is 0 Å². The molecule has 4 aromatic rings. The van der Waals surface area contributed by atoms with Crippen LogP contribution in [0.1, 0.15) is 12.5 Å². The normalized spacial score (nSPS) is 11.0. The van der Waals surface area contributed by atoms with Crippen molar-refractivity contribution in [2.45, 2.75) is 13.5 Å². The molecule has 0 aliphatic heterocycles. The lowest BCUT2D eigenvalue weighted by molar-refractivity contribution is -0.135. The van der Waals surface area contributed by atoms with Crippen molar-refractivity contribution in [3.63, 3.8) is 0 Å². The smallest absolute Gasteiger partial charge is 0.333 e. The van der Waals surface area contributed by atoms with E-state index in [1.54, 1.807) is 46.2 Å². The molecule has 186 valence electrons. The number of aromatic nitrogens is 5. The number of hydrogen-bond donors (Lipinski definition) is 2. The number of nitrogens with zero attached hydrogens (tertiary/aromatic N) is 7. The van der Waals surface area contributed by atoms with Gasteiger partial charge in [-0.25, -0.2) is 19.1 Å². The van der Waals surface area contributed by atoms with E-state index in [4.69, 9.17) is 4.74 Å². The van der Waals surface area contributed by atoms with Gasteiger partial charge in [0.05, 0.1) is 31.2 Å². The van der Waals surface area contributed by atoms with Crippen LogP contribution in [0.15, 0.2) is 55.0 Å². The summed E-state index contributed by atoms with van der Waals surface area (Å²) >= 11 is 4.23. The van der Waals surface area contributed by atoms with Crippen molar-refractivity contribution in [3.8, 4) is 17.0 Å². The van der Waals surface area contributed by atoms with Gasteiger partial charge in [0.2, 0.25) is 0 Å². The van der Waals surface area contributed by atoms with E-state index >= 15 is 0 Å². The summed E-state index contributed by atoms with van der Waals surface area (Å²) in [4.78, 5) is 39.1. The molecule has 4 rings (SSSR count). The molecule has 12 heteroatoms. The molecule has 1 N–H and O–H groups in total. The topological polar surface area (TPSA) is 118 Å². The van der Waals surface area contributed by atoms with Crippen LogP contribution in [-0.2, 0) is 11.3 Å². The van der Waals surface area contributed by atoms with Crippen LogP contribution in [0, 0.1) is 0 Å². The molecule has 3 heterocycles. The predicted molar refractivity (Wildman–Crippen MR) is 139 cm³/mol. The summed E-state index contributed by atoms with van der Waals surface area (Å²) in [6, 6.07) is 10.3. The van der Waals surface area contributed by atoms with Gasteiger partial charge in [-0.1, -0.05) is 24.9 Å². The fourth-order valence-electron chi connectivity index (χ4n) is 3.33. The molecule has 3 aromatic heterocycles. The molecular weight excluding hydrogens is 480 g/mol. The highest BCUT2D eigenvalue weighted by atomic mass is 32.1. The Morgan fingerprint density at radius 2 is 1.86 bits per heavy atom. The van der Waals surface area contributed by atoms with Crippen LogP contribution in [0.5, 0.6) is 5.75 Å². The number of ether oxygens (including phenoxy) is 1. The van der Waals surface area contributed by atoms with E-state index < -0.39 is 0 Å². The molecule has 0 spiro atoms. The van der Waals surface area contributed by atoms with Crippen LogP contribution < -0.4 is 14.4 Å².